The number of aromatic amines is 1. The van der Waals surface area contributed by atoms with E-state index >= 15 is 0 Å². The second-order valence-electron chi connectivity index (χ2n) is 5.97. The summed E-state index contributed by atoms with van der Waals surface area (Å²) in [5.74, 6) is 0. The summed E-state index contributed by atoms with van der Waals surface area (Å²) in [6.07, 6.45) is 0.990. The number of H-pyrrole nitrogens is 1. The van der Waals surface area contributed by atoms with Crippen LogP contribution in [0.2, 0.25) is 0 Å². The Hall–Kier alpha value is -3.07. The van der Waals surface area contributed by atoms with Crippen LogP contribution >= 0.6 is 0 Å². The Morgan fingerprint density at radius 2 is 1.65 bits per heavy atom. The van der Waals surface area contributed by atoms with E-state index in [0.717, 1.165) is 50.1 Å². The number of carbonyl (C=O) groups is 1. The fourth-order valence-corrected chi connectivity index (χ4v) is 3.83. The molecule has 3 heteroatoms. The number of hydrogen-bond donors (Lipinski definition) is 1. The Morgan fingerprint density at radius 1 is 0.913 bits per heavy atom. The highest BCUT2D eigenvalue weighted by Gasteiger charge is 2.17. The predicted molar refractivity (Wildman–Crippen MR) is 95.2 cm³/mol. The zero-order valence-electron chi connectivity index (χ0n) is 12.6. The van der Waals surface area contributed by atoms with Gasteiger partial charge in [-0.3, -0.25) is 4.79 Å². The minimum Gasteiger partial charge on any atom is -0.354 e. The van der Waals surface area contributed by atoms with Crippen LogP contribution in [-0.4, -0.2) is 15.8 Å². The molecule has 23 heavy (non-hydrogen) atoms. The summed E-state index contributed by atoms with van der Waals surface area (Å²) in [5.41, 5.74) is 4.97. The van der Waals surface area contributed by atoms with Gasteiger partial charge in [0.25, 0.3) is 0 Å². The predicted octanol–water partition coefficient (Wildman–Crippen LogP) is 4.78. The van der Waals surface area contributed by atoms with Gasteiger partial charge in [0.1, 0.15) is 0 Å². The number of benzene rings is 3. The van der Waals surface area contributed by atoms with Crippen LogP contribution in [0.4, 0.5) is 0 Å². The monoisotopic (exact) mass is 298 g/mol. The lowest BCUT2D eigenvalue weighted by atomic mass is 10.0. The molecule has 0 aliphatic rings. The van der Waals surface area contributed by atoms with E-state index in [1.807, 2.05) is 37.4 Å². The molecular weight excluding hydrogens is 284 g/mol. The number of aromatic nitrogens is 2. The molecule has 3 nitrogen and oxygen atoms in total. The topological polar surface area (TPSA) is 37.8 Å². The number of hydrogen-bond acceptors (Lipinski definition) is 1. The highest BCUT2D eigenvalue weighted by Crippen LogP contribution is 2.37. The second kappa shape index (κ2) is 4.23. The van der Waals surface area contributed by atoms with Crippen molar-refractivity contribution in [3.05, 3.63) is 60.2 Å². The SMILES string of the molecule is Cn1c2ccccc2c2cc3[nH]c4ccccc4c3c(C=O)c21. The van der Waals surface area contributed by atoms with E-state index in [9.17, 15) is 4.79 Å². The molecule has 0 saturated carbocycles. The third-order valence-electron chi connectivity index (χ3n) is 4.81. The van der Waals surface area contributed by atoms with Crippen molar-refractivity contribution in [2.75, 3.05) is 0 Å². The maximum Gasteiger partial charge on any atom is 0.152 e. The molecule has 0 bridgehead atoms. The van der Waals surface area contributed by atoms with E-state index < -0.39 is 0 Å². The van der Waals surface area contributed by atoms with Crippen molar-refractivity contribution >= 4 is 49.9 Å². The maximum atomic E-state index is 12.0. The second-order valence-corrected chi connectivity index (χ2v) is 5.97. The lowest BCUT2D eigenvalue weighted by molar-refractivity contribution is 0.112. The maximum absolute atomic E-state index is 12.0. The first-order valence-electron chi connectivity index (χ1n) is 7.65. The number of para-hydroxylation sites is 2. The van der Waals surface area contributed by atoms with E-state index in [1.54, 1.807) is 0 Å². The average Bonchev–Trinajstić information content (AvgIpc) is 3.10. The summed E-state index contributed by atoms with van der Waals surface area (Å²) < 4.78 is 2.12. The molecule has 0 fully saturated rings. The molecule has 1 N–H and O–H groups in total. The molecule has 0 spiro atoms. The number of rotatable bonds is 1. The van der Waals surface area contributed by atoms with Gasteiger partial charge >= 0.3 is 0 Å². The lowest BCUT2D eigenvalue weighted by Gasteiger charge is -2.03. The van der Waals surface area contributed by atoms with Crippen LogP contribution in [0.5, 0.6) is 0 Å². The van der Waals surface area contributed by atoms with E-state index in [-0.39, 0.29) is 0 Å². The lowest BCUT2D eigenvalue weighted by Crippen LogP contribution is -1.92. The first-order valence-corrected chi connectivity index (χ1v) is 7.65. The van der Waals surface area contributed by atoms with Crippen molar-refractivity contribution in [1.82, 2.24) is 9.55 Å². The van der Waals surface area contributed by atoms with Gasteiger partial charge in [-0.2, -0.15) is 0 Å². The third-order valence-corrected chi connectivity index (χ3v) is 4.81. The van der Waals surface area contributed by atoms with E-state index in [2.05, 4.69) is 33.8 Å². The molecule has 0 radical (unpaired) electrons. The van der Waals surface area contributed by atoms with Crippen molar-refractivity contribution in [1.29, 1.82) is 0 Å². The van der Waals surface area contributed by atoms with Gasteiger partial charge in [0.2, 0.25) is 0 Å². The molecule has 0 aliphatic carbocycles. The molecule has 110 valence electrons. The fourth-order valence-electron chi connectivity index (χ4n) is 3.83. The summed E-state index contributed by atoms with van der Waals surface area (Å²) in [4.78, 5) is 15.4. The molecule has 2 heterocycles. The molecule has 0 amide bonds. The minimum absolute atomic E-state index is 0.758. The summed E-state index contributed by atoms with van der Waals surface area (Å²) >= 11 is 0. The van der Waals surface area contributed by atoms with Crippen molar-refractivity contribution in [3.63, 3.8) is 0 Å². The molecule has 0 aliphatic heterocycles. The van der Waals surface area contributed by atoms with Crippen LogP contribution < -0.4 is 0 Å². The highest BCUT2D eigenvalue weighted by atomic mass is 16.1. The van der Waals surface area contributed by atoms with Crippen molar-refractivity contribution in [2.24, 2.45) is 7.05 Å². The number of nitrogens with one attached hydrogen (secondary N) is 1. The molecule has 0 atom stereocenters. The van der Waals surface area contributed by atoms with Gasteiger partial charge in [-0.15, -0.1) is 0 Å². The molecular formula is C20H14N2O. The average molecular weight is 298 g/mol. The van der Waals surface area contributed by atoms with Gasteiger partial charge in [-0.25, -0.2) is 0 Å². The van der Waals surface area contributed by atoms with Crippen LogP contribution in [-0.2, 0) is 7.05 Å². The summed E-state index contributed by atoms with van der Waals surface area (Å²) in [5, 5.41) is 4.39. The molecule has 0 unspecified atom stereocenters. The zero-order valence-corrected chi connectivity index (χ0v) is 12.6. The molecule has 5 aromatic rings. The van der Waals surface area contributed by atoms with Crippen LogP contribution in [0.3, 0.4) is 0 Å². The van der Waals surface area contributed by atoms with E-state index in [4.69, 9.17) is 0 Å². The van der Waals surface area contributed by atoms with E-state index in [0.29, 0.717) is 0 Å². The summed E-state index contributed by atoms with van der Waals surface area (Å²) in [6.45, 7) is 0. The fraction of sp³-hybridized carbons (Fsp3) is 0.0500. The Balaban J connectivity index is 2.16. The van der Waals surface area contributed by atoms with Gasteiger partial charge in [-0.05, 0) is 18.2 Å². The highest BCUT2D eigenvalue weighted by molar-refractivity contribution is 6.24. The van der Waals surface area contributed by atoms with Crippen molar-refractivity contribution < 1.29 is 4.79 Å². The Kier molecular flexibility index (Phi) is 2.29. The first-order chi connectivity index (χ1) is 11.3. The normalized spacial score (nSPS) is 11.9. The van der Waals surface area contributed by atoms with Crippen LogP contribution in [0.25, 0.3) is 43.6 Å². The standard InChI is InChI=1S/C20H14N2O/c1-22-18-9-5-3-6-12(18)14-10-17-19(15(11-23)20(14)22)13-7-2-4-8-16(13)21-17/h2-11,21H,1H3. The van der Waals surface area contributed by atoms with Gasteiger partial charge in [0.15, 0.2) is 6.29 Å². The molecule has 0 saturated heterocycles. The largest absolute Gasteiger partial charge is 0.354 e. The summed E-state index contributed by atoms with van der Waals surface area (Å²) in [7, 11) is 2.03. The van der Waals surface area contributed by atoms with Crippen molar-refractivity contribution in [2.45, 2.75) is 0 Å². The molecule has 5 rings (SSSR count). The quantitative estimate of drug-likeness (QED) is 0.444. The number of carbonyl (C=O) groups excluding carboxylic acids is 1. The molecule has 3 aromatic carbocycles. The number of aryl methyl sites for hydroxylation is 1. The Morgan fingerprint density at radius 3 is 2.48 bits per heavy atom. The number of nitrogens with zero attached hydrogens (tertiary/aromatic N) is 1. The minimum atomic E-state index is 0.758. The van der Waals surface area contributed by atoms with Gasteiger partial charge < -0.3 is 9.55 Å². The summed E-state index contributed by atoms with van der Waals surface area (Å²) in [6, 6.07) is 18.6. The van der Waals surface area contributed by atoms with Gasteiger partial charge in [-0.1, -0.05) is 36.4 Å². The Labute approximate surface area is 132 Å². The van der Waals surface area contributed by atoms with Crippen molar-refractivity contribution in [3.8, 4) is 0 Å². The number of aldehydes is 1. The first kappa shape index (κ1) is 12.5. The van der Waals surface area contributed by atoms with Crippen LogP contribution in [0.15, 0.2) is 54.6 Å². The number of fused-ring (bicyclic) bond motifs is 6. The van der Waals surface area contributed by atoms with Gasteiger partial charge in [0, 0.05) is 50.7 Å². The van der Waals surface area contributed by atoms with Crippen LogP contribution in [0, 0.1) is 0 Å². The van der Waals surface area contributed by atoms with Crippen LogP contribution in [0.1, 0.15) is 10.4 Å². The van der Waals surface area contributed by atoms with E-state index in [1.165, 1.54) is 5.39 Å². The van der Waals surface area contributed by atoms with Gasteiger partial charge in [0.05, 0.1) is 5.52 Å². The zero-order chi connectivity index (χ0) is 15.6. The smallest absolute Gasteiger partial charge is 0.152 e. The molecule has 2 aromatic heterocycles. The third kappa shape index (κ3) is 1.46. The Bertz CT molecular complexity index is 1240.